The van der Waals surface area contributed by atoms with Gasteiger partial charge in [-0.25, -0.2) is 4.57 Å². The van der Waals surface area contributed by atoms with Crippen LogP contribution in [0.15, 0.2) is 24.5 Å². The molecule has 0 unspecified atom stereocenters. The van der Waals surface area contributed by atoms with Gasteiger partial charge >= 0.3 is 0 Å². The molecule has 0 aliphatic carbocycles. The van der Waals surface area contributed by atoms with E-state index in [0.717, 1.165) is 6.42 Å². The summed E-state index contributed by atoms with van der Waals surface area (Å²) in [6.45, 7) is 8.18. The molecule has 0 spiro atoms. The Hall–Kier alpha value is -1.42. The van der Waals surface area contributed by atoms with E-state index < -0.39 is 0 Å². The number of nitrogens with zero attached hydrogens (tertiary/aromatic N) is 1. The molecule has 1 rings (SSSR count). The zero-order valence-electron chi connectivity index (χ0n) is 12.2. The van der Waals surface area contributed by atoms with Crippen molar-refractivity contribution in [3.8, 4) is 0 Å². The van der Waals surface area contributed by atoms with Crippen molar-refractivity contribution in [1.29, 1.82) is 0 Å². The van der Waals surface area contributed by atoms with Gasteiger partial charge in [0.2, 0.25) is 5.91 Å². The second kappa shape index (κ2) is 8.64. The molecule has 1 aromatic rings. The SMILES string of the molecule is Cc1cc[n+](CCC(=O)NCCCOC(C)C)cc1. The second-order valence-electron chi connectivity index (χ2n) is 4.99. The molecule has 0 saturated heterocycles. The summed E-state index contributed by atoms with van der Waals surface area (Å²) in [6.07, 6.45) is 5.63. The minimum absolute atomic E-state index is 0.0950. The maximum absolute atomic E-state index is 11.6. The first-order chi connectivity index (χ1) is 9.08. The third-order valence-corrected chi connectivity index (χ3v) is 2.75. The van der Waals surface area contributed by atoms with E-state index in [1.54, 1.807) is 0 Å². The lowest BCUT2D eigenvalue weighted by Crippen LogP contribution is -2.36. The van der Waals surface area contributed by atoms with Crippen molar-refractivity contribution >= 4 is 5.91 Å². The number of hydrogen-bond acceptors (Lipinski definition) is 2. The molecule has 4 nitrogen and oxygen atoms in total. The van der Waals surface area contributed by atoms with Crippen molar-refractivity contribution < 1.29 is 14.1 Å². The predicted octanol–water partition coefficient (Wildman–Crippen LogP) is 1.60. The Morgan fingerprint density at radius 1 is 1.37 bits per heavy atom. The molecular weight excluding hydrogens is 240 g/mol. The van der Waals surface area contributed by atoms with Crippen LogP contribution < -0.4 is 9.88 Å². The number of amides is 1. The lowest BCUT2D eigenvalue weighted by molar-refractivity contribution is -0.695. The fourth-order valence-corrected chi connectivity index (χ4v) is 1.62. The van der Waals surface area contributed by atoms with Crippen LogP contribution in [0.4, 0.5) is 0 Å². The molecule has 0 saturated carbocycles. The van der Waals surface area contributed by atoms with Crippen LogP contribution in [-0.4, -0.2) is 25.2 Å². The second-order valence-corrected chi connectivity index (χ2v) is 4.99. The molecule has 106 valence electrons. The van der Waals surface area contributed by atoms with Gasteiger partial charge in [0.15, 0.2) is 18.9 Å². The number of aryl methyl sites for hydroxylation is 2. The molecule has 1 N–H and O–H groups in total. The van der Waals surface area contributed by atoms with E-state index in [9.17, 15) is 4.79 Å². The molecular formula is C15H25N2O2+. The largest absolute Gasteiger partial charge is 0.379 e. The number of nitrogens with one attached hydrogen (secondary N) is 1. The monoisotopic (exact) mass is 265 g/mol. The number of rotatable bonds is 8. The summed E-state index contributed by atoms with van der Waals surface area (Å²) in [5.74, 6) is 0.0950. The van der Waals surface area contributed by atoms with Gasteiger partial charge in [0.1, 0.15) is 0 Å². The molecule has 4 heteroatoms. The van der Waals surface area contributed by atoms with Crippen molar-refractivity contribution in [2.45, 2.75) is 46.3 Å². The van der Waals surface area contributed by atoms with Crippen LogP contribution in [0.1, 0.15) is 32.3 Å². The first kappa shape index (κ1) is 15.6. The third kappa shape index (κ3) is 7.57. The topological polar surface area (TPSA) is 42.2 Å². The summed E-state index contributed by atoms with van der Waals surface area (Å²) in [7, 11) is 0. The quantitative estimate of drug-likeness (QED) is 0.573. The number of hydrogen-bond donors (Lipinski definition) is 1. The summed E-state index contributed by atoms with van der Waals surface area (Å²) < 4.78 is 7.43. The summed E-state index contributed by atoms with van der Waals surface area (Å²) in [6, 6.07) is 4.09. The smallest absolute Gasteiger partial charge is 0.226 e. The molecule has 0 bridgehead atoms. The average molecular weight is 265 g/mol. The summed E-state index contributed by atoms with van der Waals surface area (Å²) in [5, 5.41) is 2.91. The predicted molar refractivity (Wildman–Crippen MR) is 74.7 cm³/mol. The number of ether oxygens (including phenoxy) is 1. The van der Waals surface area contributed by atoms with Crippen molar-refractivity contribution in [3.63, 3.8) is 0 Å². The van der Waals surface area contributed by atoms with E-state index in [1.807, 2.05) is 42.9 Å². The highest BCUT2D eigenvalue weighted by atomic mass is 16.5. The molecule has 1 aromatic heterocycles. The van der Waals surface area contributed by atoms with Crippen LogP contribution in [0.5, 0.6) is 0 Å². The van der Waals surface area contributed by atoms with Crippen LogP contribution in [0.3, 0.4) is 0 Å². The summed E-state index contributed by atoms with van der Waals surface area (Å²) in [4.78, 5) is 11.6. The first-order valence-electron chi connectivity index (χ1n) is 6.92. The highest BCUT2D eigenvalue weighted by Gasteiger charge is 2.05. The van der Waals surface area contributed by atoms with Crippen molar-refractivity contribution in [1.82, 2.24) is 5.32 Å². The Bertz CT molecular complexity index is 374. The minimum Gasteiger partial charge on any atom is -0.379 e. The molecule has 0 aliphatic rings. The van der Waals surface area contributed by atoms with Crippen LogP contribution in [0.25, 0.3) is 0 Å². The average Bonchev–Trinajstić information content (AvgIpc) is 2.37. The Kier molecular flexibility index (Phi) is 7.11. The molecule has 0 radical (unpaired) electrons. The normalized spacial score (nSPS) is 10.7. The van der Waals surface area contributed by atoms with Gasteiger partial charge in [-0.3, -0.25) is 4.79 Å². The summed E-state index contributed by atoms with van der Waals surface area (Å²) in [5.41, 5.74) is 1.23. The van der Waals surface area contributed by atoms with Crippen LogP contribution >= 0.6 is 0 Å². The van der Waals surface area contributed by atoms with Gasteiger partial charge in [0.05, 0.1) is 12.5 Å². The van der Waals surface area contributed by atoms with Gasteiger partial charge in [0.25, 0.3) is 0 Å². The maximum atomic E-state index is 11.6. The van der Waals surface area contributed by atoms with Crippen LogP contribution in [0, 0.1) is 6.92 Å². The van der Waals surface area contributed by atoms with Crippen molar-refractivity contribution in [3.05, 3.63) is 30.1 Å². The van der Waals surface area contributed by atoms with E-state index in [1.165, 1.54) is 5.56 Å². The maximum Gasteiger partial charge on any atom is 0.226 e. The van der Waals surface area contributed by atoms with E-state index in [4.69, 9.17) is 4.74 Å². The highest BCUT2D eigenvalue weighted by Crippen LogP contribution is 1.91. The van der Waals surface area contributed by atoms with Crippen LogP contribution in [0.2, 0.25) is 0 Å². The van der Waals surface area contributed by atoms with Gasteiger partial charge in [-0.05, 0) is 32.8 Å². The molecule has 0 aromatic carbocycles. The lowest BCUT2D eigenvalue weighted by atomic mass is 10.3. The van der Waals surface area contributed by atoms with Gasteiger partial charge in [-0.15, -0.1) is 0 Å². The van der Waals surface area contributed by atoms with E-state index in [0.29, 0.717) is 26.1 Å². The molecule has 0 aliphatic heterocycles. The zero-order valence-corrected chi connectivity index (χ0v) is 12.2. The number of carbonyl (C=O) groups excluding carboxylic acids is 1. The summed E-state index contributed by atoms with van der Waals surface area (Å²) >= 11 is 0. The lowest BCUT2D eigenvalue weighted by Gasteiger charge is -2.07. The minimum atomic E-state index is 0.0950. The van der Waals surface area contributed by atoms with Crippen molar-refractivity contribution in [2.75, 3.05) is 13.2 Å². The molecule has 0 atom stereocenters. The van der Waals surface area contributed by atoms with Gasteiger partial charge in [-0.1, -0.05) is 0 Å². The Labute approximate surface area is 115 Å². The Balaban J connectivity index is 2.09. The first-order valence-corrected chi connectivity index (χ1v) is 6.92. The Morgan fingerprint density at radius 3 is 2.68 bits per heavy atom. The fourth-order valence-electron chi connectivity index (χ4n) is 1.62. The molecule has 1 amide bonds. The van der Waals surface area contributed by atoms with Gasteiger partial charge in [-0.2, -0.15) is 0 Å². The van der Waals surface area contributed by atoms with Crippen molar-refractivity contribution in [2.24, 2.45) is 0 Å². The third-order valence-electron chi connectivity index (χ3n) is 2.75. The van der Waals surface area contributed by atoms with Gasteiger partial charge < -0.3 is 10.1 Å². The van der Waals surface area contributed by atoms with E-state index >= 15 is 0 Å². The zero-order chi connectivity index (χ0) is 14.1. The van der Waals surface area contributed by atoms with Gasteiger partial charge in [0, 0.05) is 25.3 Å². The number of aromatic nitrogens is 1. The highest BCUT2D eigenvalue weighted by molar-refractivity contribution is 5.75. The molecule has 1 heterocycles. The van der Waals surface area contributed by atoms with E-state index in [2.05, 4.69) is 12.2 Å². The number of carbonyl (C=O) groups is 1. The standard InChI is InChI=1S/C15H24N2O2/c1-13(2)19-12-4-8-16-15(18)7-11-17-9-5-14(3)6-10-17/h5-6,9-10,13H,4,7-8,11-12H2,1-3H3/p+1. The van der Waals surface area contributed by atoms with Crippen LogP contribution in [-0.2, 0) is 16.1 Å². The molecule has 19 heavy (non-hydrogen) atoms. The molecule has 0 fully saturated rings. The fraction of sp³-hybridized carbons (Fsp3) is 0.600. The Morgan fingerprint density at radius 2 is 2.05 bits per heavy atom. The van der Waals surface area contributed by atoms with E-state index in [-0.39, 0.29) is 12.0 Å². The number of pyridine rings is 1.